The van der Waals surface area contributed by atoms with E-state index < -0.39 is 10.5 Å². The summed E-state index contributed by atoms with van der Waals surface area (Å²) < 4.78 is 0. The number of carbonyl (C=O) groups excluding carboxylic acids is 1. The van der Waals surface area contributed by atoms with Gasteiger partial charge in [0.05, 0.1) is 11.8 Å². The molecule has 1 aromatic rings. The molecule has 1 heterocycles. The fraction of sp³-hybridized carbons (Fsp3) is 0.429. The van der Waals surface area contributed by atoms with Gasteiger partial charge in [-0.1, -0.05) is 5.10 Å². The lowest BCUT2D eigenvalue weighted by atomic mass is 10.1. The van der Waals surface area contributed by atoms with Crippen LogP contribution in [0.25, 0.3) is 0 Å². The molecule has 2 rings (SSSR count). The highest BCUT2D eigenvalue weighted by atomic mass is 16.6. The molecule has 1 aliphatic rings. The predicted molar refractivity (Wildman–Crippen MR) is 44.3 cm³/mol. The largest absolute Gasteiger partial charge is 0.358 e. The third-order valence-electron chi connectivity index (χ3n) is 2.29. The Hall–Kier alpha value is -2.01. The van der Waals surface area contributed by atoms with Gasteiger partial charge < -0.3 is 10.1 Å². The van der Waals surface area contributed by atoms with Crippen molar-refractivity contribution >= 4 is 11.9 Å². The van der Waals surface area contributed by atoms with Gasteiger partial charge in [-0.05, 0) is 17.8 Å². The minimum atomic E-state index is -0.739. The summed E-state index contributed by atoms with van der Waals surface area (Å²) in [5, 5.41) is 16.4. The Bertz CT molecular complexity index is 428. The third kappa shape index (κ3) is 1.11. The fourth-order valence-corrected chi connectivity index (χ4v) is 1.41. The number of H-pyrrole nitrogens is 1. The Morgan fingerprint density at radius 2 is 2.43 bits per heavy atom. The molecule has 72 valence electrons. The topological polar surface area (TPSA) is 101 Å². The minimum absolute atomic E-state index is 0.193. The summed E-state index contributed by atoms with van der Waals surface area (Å²) in [7, 11) is 0. The van der Waals surface area contributed by atoms with Crippen molar-refractivity contribution < 1.29 is 9.72 Å². The number of aliphatic imine (C=N–C) groups is 1. The summed E-state index contributed by atoms with van der Waals surface area (Å²) in [6.07, 6.45) is 4.03. The zero-order valence-corrected chi connectivity index (χ0v) is 7.06. The van der Waals surface area contributed by atoms with Gasteiger partial charge in [-0.15, -0.1) is 5.10 Å². The second kappa shape index (κ2) is 2.74. The van der Waals surface area contributed by atoms with E-state index in [1.54, 1.807) is 0 Å². The maximum absolute atomic E-state index is 10.6. The maximum Gasteiger partial charge on any atom is 0.348 e. The molecule has 0 bridgehead atoms. The van der Waals surface area contributed by atoms with Crippen molar-refractivity contribution in [2.24, 2.45) is 4.99 Å². The molecule has 7 nitrogen and oxygen atoms in total. The second-order valence-electron chi connectivity index (χ2n) is 3.12. The predicted octanol–water partition coefficient (Wildman–Crippen LogP) is 0.643. The molecule has 14 heavy (non-hydrogen) atoms. The van der Waals surface area contributed by atoms with Gasteiger partial charge in [-0.3, -0.25) is 0 Å². The molecule has 1 aliphatic carbocycles. The normalized spacial score (nSPS) is 17.1. The molecule has 1 fully saturated rings. The average molecular weight is 194 g/mol. The first-order valence-corrected chi connectivity index (χ1v) is 3.97. The van der Waals surface area contributed by atoms with Crippen LogP contribution in [0.15, 0.2) is 11.2 Å². The number of nitrogens with one attached hydrogen (secondary N) is 1. The minimum Gasteiger partial charge on any atom is -0.358 e. The molecule has 0 atom stereocenters. The first-order valence-electron chi connectivity index (χ1n) is 3.97. The van der Waals surface area contributed by atoms with E-state index in [4.69, 9.17) is 0 Å². The Balaban J connectivity index is 2.46. The van der Waals surface area contributed by atoms with Crippen molar-refractivity contribution in [3.8, 4) is 0 Å². The number of hydrogen-bond acceptors (Lipinski definition) is 5. The quantitative estimate of drug-likeness (QED) is 0.330. The first kappa shape index (κ1) is 8.58. The summed E-state index contributed by atoms with van der Waals surface area (Å²) in [6, 6.07) is 0. The lowest BCUT2D eigenvalue weighted by molar-refractivity contribution is -0.390. The number of isocyanates is 1. The molecule has 1 N–H and O–H groups in total. The van der Waals surface area contributed by atoms with Gasteiger partial charge in [-0.25, -0.2) is 4.79 Å². The molecule has 1 aromatic heterocycles. The molecule has 0 aliphatic heterocycles. The molecule has 0 amide bonds. The van der Waals surface area contributed by atoms with Gasteiger partial charge in [0.1, 0.15) is 5.54 Å². The van der Waals surface area contributed by atoms with Crippen LogP contribution < -0.4 is 0 Å². The average Bonchev–Trinajstić information content (AvgIpc) is 2.76. The monoisotopic (exact) mass is 194 g/mol. The Kier molecular flexibility index (Phi) is 1.68. The first-order chi connectivity index (χ1) is 6.69. The number of aromatic nitrogens is 2. The number of aromatic amines is 1. The maximum atomic E-state index is 10.6. The van der Waals surface area contributed by atoms with Crippen LogP contribution in [0.2, 0.25) is 0 Å². The van der Waals surface area contributed by atoms with E-state index in [0.717, 1.165) is 0 Å². The molecule has 0 aromatic carbocycles. The number of nitrogens with zero attached hydrogens (tertiary/aromatic N) is 3. The van der Waals surface area contributed by atoms with Crippen LogP contribution in [0.1, 0.15) is 18.4 Å². The molecule has 0 spiro atoms. The van der Waals surface area contributed by atoms with Gasteiger partial charge in [-0.2, -0.15) is 4.99 Å². The molecule has 7 heteroatoms. The lowest BCUT2D eigenvalue weighted by Crippen LogP contribution is -2.04. The van der Waals surface area contributed by atoms with Crippen LogP contribution >= 0.6 is 0 Å². The highest BCUT2D eigenvalue weighted by molar-refractivity contribution is 5.46. The van der Waals surface area contributed by atoms with E-state index in [1.807, 2.05) is 0 Å². The van der Waals surface area contributed by atoms with E-state index in [9.17, 15) is 14.9 Å². The highest BCUT2D eigenvalue weighted by Crippen LogP contribution is 2.51. The Morgan fingerprint density at radius 1 is 1.71 bits per heavy atom. The van der Waals surface area contributed by atoms with Gasteiger partial charge in [0.25, 0.3) is 0 Å². The second-order valence-corrected chi connectivity index (χ2v) is 3.12. The molecule has 0 radical (unpaired) electrons. The zero-order valence-electron chi connectivity index (χ0n) is 7.06. The number of nitro groups is 1. The molecule has 0 unspecified atom stereocenters. The molecule has 1 saturated carbocycles. The van der Waals surface area contributed by atoms with E-state index in [2.05, 4.69) is 15.2 Å². The fourth-order valence-electron chi connectivity index (χ4n) is 1.41. The van der Waals surface area contributed by atoms with Crippen LogP contribution in [0, 0.1) is 10.1 Å². The van der Waals surface area contributed by atoms with Crippen LogP contribution in [0.4, 0.5) is 5.82 Å². The van der Waals surface area contributed by atoms with Gasteiger partial charge in [0, 0.05) is 0 Å². The highest BCUT2D eigenvalue weighted by Gasteiger charge is 2.50. The zero-order chi connectivity index (χ0) is 10.2. The summed E-state index contributed by atoms with van der Waals surface area (Å²) in [6.45, 7) is 0. The lowest BCUT2D eigenvalue weighted by Gasteiger charge is -2.02. The van der Waals surface area contributed by atoms with Crippen LogP contribution in [0.3, 0.4) is 0 Å². The van der Waals surface area contributed by atoms with E-state index in [0.29, 0.717) is 18.4 Å². The molecule has 0 saturated heterocycles. The van der Waals surface area contributed by atoms with E-state index in [-0.39, 0.29) is 5.82 Å². The van der Waals surface area contributed by atoms with E-state index >= 15 is 0 Å². The third-order valence-corrected chi connectivity index (χ3v) is 2.29. The molecular weight excluding hydrogens is 188 g/mol. The standard InChI is InChI=1S/C7H6N4O3/c12-4-8-7(1-2-7)5-3-9-10-6(5)11(13)14/h3H,1-2H2,(H,9,10). The molecular formula is C7H6N4O3. The van der Waals surface area contributed by atoms with Crippen LogP contribution in [0.5, 0.6) is 0 Å². The van der Waals surface area contributed by atoms with Gasteiger partial charge in [0.15, 0.2) is 0 Å². The summed E-state index contributed by atoms with van der Waals surface area (Å²) in [4.78, 5) is 23.7. The summed E-state index contributed by atoms with van der Waals surface area (Å²) in [5.41, 5.74) is -0.372. The summed E-state index contributed by atoms with van der Waals surface area (Å²) >= 11 is 0. The van der Waals surface area contributed by atoms with E-state index in [1.165, 1.54) is 12.3 Å². The number of rotatable bonds is 3. The van der Waals surface area contributed by atoms with Crippen molar-refractivity contribution in [2.75, 3.05) is 0 Å². The van der Waals surface area contributed by atoms with Gasteiger partial charge >= 0.3 is 5.82 Å². The van der Waals surface area contributed by atoms with Crippen LogP contribution in [-0.4, -0.2) is 21.2 Å². The van der Waals surface area contributed by atoms with Crippen molar-refractivity contribution in [3.05, 3.63) is 21.9 Å². The smallest absolute Gasteiger partial charge is 0.348 e. The number of hydrogen-bond donors (Lipinski definition) is 1. The van der Waals surface area contributed by atoms with Crippen molar-refractivity contribution in [2.45, 2.75) is 18.4 Å². The van der Waals surface area contributed by atoms with Crippen molar-refractivity contribution in [3.63, 3.8) is 0 Å². The van der Waals surface area contributed by atoms with Crippen LogP contribution in [-0.2, 0) is 10.3 Å². The van der Waals surface area contributed by atoms with Crippen molar-refractivity contribution in [1.82, 2.24) is 10.2 Å². The van der Waals surface area contributed by atoms with Gasteiger partial charge in [0.2, 0.25) is 6.08 Å². The Labute approximate surface area is 78.0 Å². The van der Waals surface area contributed by atoms with Crippen molar-refractivity contribution in [1.29, 1.82) is 0 Å². The SMILES string of the molecule is O=C=NC1(c2cn[nH]c2[N+](=O)[O-])CC1. The Morgan fingerprint density at radius 3 is 2.93 bits per heavy atom. The summed E-state index contributed by atoms with van der Waals surface area (Å²) in [5.74, 6) is -0.193.